The van der Waals surface area contributed by atoms with Gasteiger partial charge in [0.15, 0.2) is 11.5 Å². The number of carbonyl (C=O) groups excluding carboxylic acids is 1. The minimum Gasteiger partial charge on any atom is -0.338 e. The lowest BCUT2D eigenvalue weighted by Gasteiger charge is -2.31. The fraction of sp³-hybridized carbons (Fsp3) is 0.250. The number of aryl methyl sites for hydroxylation is 1. The number of pyridine rings is 2. The standard InChI is InChI=1S/C24H23N5O/c1-17-5-2-6-18(13-17)24(30)28-12-4-8-21(15-28)23-26-22-10-9-20(16-29(22)27-23)19-7-3-11-25-14-19/h2-3,5-7,9-11,13-14,16,21H,4,8,12,15H2,1H3/t21-/m1/s1. The van der Waals surface area contributed by atoms with Crippen molar-refractivity contribution >= 4 is 11.6 Å². The number of rotatable bonds is 3. The molecule has 0 N–H and O–H groups in total. The Morgan fingerprint density at radius 1 is 1.10 bits per heavy atom. The van der Waals surface area contributed by atoms with E-state index in [1.165, 1.54) is 0 Å². The second-order valence-electron chi connectivity index (χ2n) is 7.89. The van der Waals surface area contributed by atoms with E-state index < -0.39 is 0 Å². The van der Waals surface area contributed by atoms with Crippen LogP contribution in [-0.4, -0.2) is 43.5 Å². The molecule has 30 heavy (non-hydrogen) atoms. The highest BCUT2D eigenvalue weighted by atomic mass is 16.2. The lowest BCUT2D eigenvalue weighted by molar-refractivity contribution is 0.0704. The molecular weight excluding hydrogens is 374 g/mol. The quantitative estimate of drug-likeness (QED) is 0.522. The Hall–Kier alpha value is -3.54. The van der Waals surface area contributed by atoms with Crippen LogP contribution < -0.4 is 0 Å². The van der Waals surface area contributed by atoms with Gasteiger partial charge in [-0.1, -0.05) is 23.8 Å². The molecule has 0 aliphatic carbocycles. The zero-order valence-corrected chi connectivity index (χ0v) is 16.9. The van der Waals surface area contributed by atoms with Crippen LogP contribution in [0.3, 0.4) is 0 Å². The largest absolute Gasteiger partial charge is 0.338 e. The number of fused-ring (bicyclic) bond motifs is 1. The number of benzene rings is 1. The van der Waals surface area contributed by atoms with Gasteiger partial charge in [-0.3, -0.25) is 9.78 Å². The normalized spacial score (nSPS) is 16.7. The molecule has 1 aliphatic heterocycles. The van der Waals surface area contributed by atoms with Crippen LogP contribution in [0, 0.1) is 6.92 Å². The van der Waals surface area contributed by atoms with Gasteiger partial charge in [-0.05, 0) is 50.1 Å². The molecule has 1 amide bonds. The van der Waals surface area contributed by atoms with Gasteiger partial charge < -0.3 is 4.90 Å². The average Bonchev–Trinajstić information content (AvgIpc) is 3.23. The zero-order valence-electron chi connectivity index (χ0n) is 16.9. The highest BCUT2D eigenvalue weighted by Gasteiger charge is 2.28. The Morgan fingerprint density at radius 2 is 2.03 bits per heavy atom. The fourth-order valence-electron chi connectivity index (χ4n) is 4.11. The molecule has 3 aromatic heterocycles. The molecule has 1 aliphatic rings. The third kappa shape index (κ3) is 3.56. The van der Waals surface area contributed by atoms with Crippen LogP contribution in [0.2, 0.25) is 0 Å². The van der Waals surface area contributed by atoms with Gasteiger partial charge in [0, 0.05) is 54.3 Å². The highest BCUT2D eigenvalue weighted by molar-refractivity contribution is 5.94. The molecule has 0 unspecified atom stereocenters. The number of nitrogens with zero attached hydrogens (tertiary/aromatic N) is 5. The third-order valence-electron chi connectivity index (χ3n) is 5.68. The summed E-state index contributed by atoms with van der Waals surface area (Å²) in [6, 6.07) is 15.8. The monoisotopic (exact) mass is 397 g/mol. The van der Waals surface area contributed by atoms with Crippen molar-refractivity contribution in [2.75, 3.05) is 13.1 Å². The van der Waals surface area contributed by atoms with Gasteiger partial charge in [-0.25, -0.2) is 9.50 Å². The van der Waals surface area contributed by atoms with E-state index in [1.807, 2.05) is 77.3 Å². The number of piperidine rings is 1. The average molecular weight is 397 g/mol. The molecule has 0 bridgehead atoms. The number of amides is 1. The summed E-state index contributed by atoms with van der Waals surface area (Å²) in [6.07, 6.45) is 7.54. The lowest BCUT2D eigenvalue weighted by Crippen LogP contribution is -2.39. The van der Waals surface area contributed by atoms with Crippen molar-refractivity contribution in [3.05, 3.63) is 84.1 Å². The first-order valence-corrected chi connectivity index (χ1v) is 10.3. The van der Waals surface area contributed by atoms with Gasteiger partial charge in [-0.2, -0.15) is 5.10 Å². The van der Waals surface area contributed by atoms with Crippen molar-refractivity contribution in [2.24, 2.45) is 0 Å². The number of likely N-dealkylation sites (tertiary alicyclic amines) is 1. The summed E-state index contributed by atoms with van der Waals surface area (Å²) in [5.41, 5.74) is 4.76. The minimum absolute atomic E-state index is 0.0889. The van der Waals surface area contributed by atoms with E-state index in [2.05, 4.69) is 4.98 Å². The molecule has 4 aromatic rings. The first-order chi connectivity index (χ1) is 14.7. The zero-order chi connectivity index (χ0) is 20.5. The van der Waals surface area contributed by atoms with E-state index in [0.29, 0.717) is 6.54 Å². The van der Waals surface area contributed by atoms with Gasteiger partial charge in [-0.15, -0.1) is 0 Å². The number of aromatic nitrogens is 4. The Balaban J connectivity index is 1.39. The molecule has 6 nitrogen and oxygen atoms in total. The lowest BCUT2D eigenvalue weighted by atomic mass is 9.96. The van der Waals surface area contributed by atoms with Gasteiger partial charge in [0.1, 0.15) is 0 Å². The number of hydrogen-bond acceptors (Lipinski definition) is 4. The molecule has 4 heterocycles. The molecule has 0 saturated carbocycles. The van der Waals surface area contributed by atoms with Crippen molar-refractivity contribution in [1.29, 1.82) is 0 Å². The van der Waals surface area contributed by atoms with Crippen LogP contribution in [0.1, 0.15) is 40.5 Å². The van der Waals surface area contributed by atoms with Crippen molar-refractivity contribution < 1.29 is 4.79 Å². The van der Waals surface area contributed by atoms with E-state index in [-0.39, 0.29) is 11.8 Å². The Labute approximate surface area is 175 Å². The molecular formula is C24H23N5O. The van der Waals surface area contributed by atoms with E-state index in [9.17, 15) is 4.79 Å². The second kappa shape index (κ2) is 7.71. The maximum atomic E-state index is 13.0. The van der Waals surface area contributed by atoms with Crippen LogP contribution in [0.15, 0.2) is 67.1 Å². The van der Waals surface area contributed by atoms with Crippen LogP contribution in [0.25, 0.3) is 16.8 Å². The molecule has 150 valence electrons. The highest BCUT2D eigenvalue weighted by Crippen LogP contribution is 2.27. The number of hydrogen-bond donors (Lipinski definition) is 0. The van der Waals surface area contributed by atoms with E-state index >= 15 is 0 Å². The second-order valence-corrected chi connectivity index (χ2v) is 7.89. The molecule has 1 fully saturated rings. The first-order valence-electron chi connectivity index (χ1n) is 10.3. The molecule has 5 rings (SSSR count). The van der Waals surface area contributed by atoms with Crippen LogP contribution in [0.5, 0.6) is 0 Å². The fourth-order valence-corrected chi connectivity index (χ4v) is 4.11. The van der Waals surface area contributed by atoms with Crippen LogP contribution in [-0.2, 0) is 0 Å². The molecule has 1 saturated heterocycles. The van der Waals surface area contributed by atoms with Crippen LogP contribution in [0.4, 0.5) is 0 Å². The van der Waals surface area contributed by atoms with Crippen LogP contribution >= 0.6 is 0 Å². The summed E-state index contributed by atoms with van der Waals surface area (Å²) in [5.74, 6) is 1.04. The topological polar surface area (TPSA) is 63.4 Å². The minimum atomic E-state index is 0.0889. The molecule has 0 spiro atoms. The van der Waals surface area contributed by atoms with E-state index in [0.717, 1.165) is 53.1 Å². The van der Waals surface area contributed by atoms with E-state index in [4.69, 9.17) is 10.1 Å². The predicted molar refractivity (Wildman–Crippen MR) is 115 cm³/mol. The summed E-state index contributed by atoms with van der Waals surface area (Å²) >= 11 is 0. The number of carbonyl (C=O) groups is 1. The maximum Gasteiger partial charge on any atom is 0.253 e. The Bertz CT molecular complexity index is 1200. The van der Waals surface area contributed by atoms with Gasteiger partial charge in [0.2, 0.25) is 0 Å². The summed E-state index contributed by atoms with van der Waals surface area (Å²) in [5, 5.41) is 4.75. The molecule has 1 aromatic carbocycles. The van der Waals surface area contributed by atoms with E-state index in [1.54, 1.807) is 6.20 Å². The summed E-state index contributed by atoms with van der Waals surface area (Å²) in [4.78, 5) is 23.9. The smallest absolute Gasteiger partial charge is 0.253 e. The molecule has 1 atom stereocenters. The van der Waals surface area contributed by atoms with Crippen molar-refractivity contribution in [3.63, 3.8) is 0 Å². The van der Waals surface area contributed by atoms with Crippen molar-refractivity contribution in [3.8, 4) is 11.1 Å². The third-order valence-corrected chi connectivity index (χ3v) is 5.68. The van der Waals surface area contributed by atoms with Gasteiger partial charge in [0.25, 0.3) is 5.91 Å². The van der Waals surface area contributed by atoms with Gasteiger partial charge >= 0.3 is 0 Å². The summed E-state index contributed by atoms with van der Waals surface area (Å²) < 4.78 is 1.83. The maximum absolute atomic E-state index is 13.0. The SMILES string of the molecule is Cc1cccc(C(=O)N2CCC[C@@H](c3nc4ccc(-c5cccnc5)cn4n3)C2)c1. The van der Waals surface area contributed by atoms with Gasteiger partial charge in [0.05, 0.1) is 0 Å². The molecule has 6 heteroatoms. The molecule has 0 radical (unpaired) electrons. The first kappa shape index (κ1) is 18.5. The Morgan fingerprint density at radius 3 is 2.87 bits per heavy atom. The summed E-state index contributed by atoms with van der Waals surface area (Å²) in [6.45, 7) is 3.44. The van der Waals surface area contributed by atoms with Crippen molar-refractivity contribution in [2.45, 2.75) is 25.7 Å². The Kier molecular flexibility index (Phi) is 4.75. The van der Waals surface area contributed by atoms with Crippen molar-refractivity contribution in [1.82, 2.24) is 24.5 Å². The predicted octanol–water partition coefficient (Wildman–Crippen LogP) is 4.12. The summed E-state index contributed by atoms with van der Waals surface area (Å²) in [7, 11) is 0.